The van der Waals surface area contributed by atoms with Crippen molar-refractivity contribution >= 4 is 11.9 Å². The minimum Gasteiger partial charge on any atom is -0.466 e. The Labute approximate surface area is 136 Å². The lowest BCUT2D eigenvalue weighted by Crippen LogP contribution is -2.32. The smallest absolute Gasteiger partial charge is 0.307 e. The summed E-state index contributed by atoms with van der Waals surface area (Å²) in [4.78, 5) is 25.5. The predicted octanol–water partition coefficient (Wildman–Crippen LogP) is 2.50. The van der Waals surface area contributed by atoms with Gasteiger partial charge in [-0.05, 0) is 31.0 Å². The SMILES string of the molecule is CCCC(=O)N(CCC(=O)OCC)Cc1ccc2c(c1)OCO2. The van der Waals surface area contributed by atoms with Crippen LogP contribution >= 0.6 is 0 Å². The van der Waals surface area contributed by atoms with Crippen LogP contribution < -0.4 is 9.47 Å². The van der Waals surface area contributed by atoms with Gasteiger partial charge in [-0.1, -0.05) is 13.0 Å². The van der Waals surface area contributed by atoms with E-state index in [9.17, 15) is 9.59 Å². The molecule has 2 rings (SSSR count). The molecule has 0 spiro atoms. The highest BCUT2D eigenvalue weighted by atomic mass is 16.7. The first-order valence-electron chi connectivity index (χ1n) is 7.96. The summed E-state index contributed by atoms with van der Waals surface area (Å²) in [5.41, 5.74) is 0.947. The first-order chi connectivity index (χ1) is 11.1. The third-order valence-corrected chi connectivity index (χ3v) is 3.52. The molecule has 0 fully saturated rings. The number of nitrogens with zero attached hydrogens (tertiary/aromatic N) is 1. The summed E-state index contributed by atoms with van der Waals surface area (Å²) < 4.78 is 15.6. The zero-order valence-corrected chi connectivity index (χ0v) is 13.7. The van der Waals surface area contributed by atoms with Crippen LogP contribution in [-0.4, -0.2) is 36.7 Å². The summed E-state index contributed by atoms with van der Waals surface area (Å²) in [6.45, 7) is 5.09. The topological polar surface area (TPSA) is 65.1 Å². The van der Waals surface area contributed by atoms with Gasteiger partial charge in [-0.25, -0.2) is 0 Å². The van der Waals surface area contributed by atoms with Crippen LogP contribution in [0.5, 0.6) is 11.5 Å². The first kappa shape index (κ1) is 17.1. The van der Waals surface area contributed by atoms with Crippen LogP contribution in [0.3, 0.4) is 0 Å². The largest absolute Gasteiger partial charge is 0.466 e. The monoisotopic (exact) mass is 321 g/mol. The molecule has 0 radical (unpaired) electrons. The molecule has 1 amide bonds. The maximum atomic E-state index is 12.3. The molecular formula is C17H23NO5. The van der Waals surface area contributed by atoms with Gasteiger partial charge < -0.3 is 19.1 Å². The van der Waals surface area contributed by atoms with E-state index in [1.165, 1.54) is 0 Å². The maximum Gasteiger partial charge on any atom is 0.307 e. The van der Waals surface area contributed by atoms with Crippen molar-refractivity contribution in [3.8, 4) is 11.5 Å². The van der Waals surface area contributed by atoms with Gasteiger partial charge in [-0.3, -0.25) is 9.59 Å². The predicted molar refractivity (Wildman–Crippen MR) is 84.1 cm³/mol. The number of benzene rings is 1. The Balaban J connectivity index is 2.01. The quantitative estimate of drug-likeness (QED) is 0.688. The van der Waals surface area contributed by atoms with E-state index in [0.717, 1.165) is 12.0 Å². The number of amides is 1. The molecule has 6 heteroatoms. The molecule has 0 aromatic heterocycles. The van der Waals surface area contributed by atoms with Gasteiger partial charge in [0.15, 0.2) is 11.5 Å². The Morgan fingerprint density at radius 3 is 2.70 bits per heavy atom. The highest BCUT2D eigenvalue weighted by molar-refractivity contribution is 5.77. The number of hydrogen-bond acceptors (Lipinski definition) is 5. The molecule has 1 aromatic carbocycles. The van der Waals surface area contributed by atoms with Crippen molar-refractivity contribution in [2.24, 2.45) is 0 Å². The minimum atomic E-state index is -0.285. The number of hydrogen-bond donors (Lipinski definition) is 0. The Morgan fingerprint density at radius 2 is 1.96 bits per heavy atom. The molecule has 1 aliphatic heterocycles. The fourth-order valence-corrected chi connectivity index (χ4v) is 2.38. The third kappa shape index (κ3) is 4.87. The van der Waals surface area contributed by atoms with Gasteiger partial charge in [-0.15, -0.1) is 0 Å². The van der Waals surface area contributed by atoms with Crippen molar-refractivity contribution in [2.75, 3.05) is 19.9 Å². The molecule has 6 nitrogen and oxygen atoms in total. The molecule has 0 N–H and O–H groups in total. The molecule has 0 aliphatic carbocycles. The Kier molecular flexibility index (Phi) is 6.26. The number of rotatable bonds is 8. The molecule has 1 aliphatic rings. The summed E-state index contributed by atoms with van der Waals surface area (Å²) in [5.74, 6) is 1.16. The molecule has 0 unspecified atom stereocenters. The van der Waals surface area contributed by atoms with E-state index in [4.69, 9.17) is 14.2 Å². The fourth-order valence-electron chi connectivity index (χ4n) is 2.38. The molecule has 0 bridgehead atoms. The summed E-state index contributed by atoms with van der Waals surface area (Å²) in [6, 6.07) is 5.62. The van der Waals surface area contributed by atoms with Crippen LogP contribution in [0.2, 0.25) is 0 Å². The molecule has 0 saturated heterocycles. The summed E-state index contributed by atoms with van der Waals surface area (Å²) in [7, 11) is 0. The van der Waals surface area contributed by atoms with Crippen LogP contribution in [0.15, 0.2) is 18.2 Å². The van der Waals surface area contributed by atoms with Gasteiger partial charge in [0.05, 0.1) is 13.0 Å². The molecule has 126 valence electrons. The van der Waals surface area contributed by atoms with E-state index >= 15 is 0 Å². The number of carbonyl (C=O) groups is 2. The van der Waals surface area contributed by atoms with Gasteiger partial charge in [0, 0.05) is 19.5 Å². The molecule has 0 atom stereocenters. The number of ether oxygens (including phenoxy) is 3. The van der Waals surface area contributed by atoms with Crippen LogP contribution in [0, 0.1) is 0 Å². The summed E-state index contributed by atoms with van der Waals surface area (Å²) >= 11 is 0. The average Bonchev–Trinajstić information content (AvgIpc) is 2.99. The summed E-state index contributed by atoms with van der Waals surface area (Å²) in [5, 5.41) is 0. The highest BCUT2D eigenvalue weighted by Gasteiger charge is 2.18. The average molecular weight is 321 g/mol. The lowest BCUT2D eigenvalue weighted by molar-refractivity contribution is -0.144. The normalized spacial score (nSPS) is 12.1. The zero-order chi connectivity index (χ0) is 16.7. The van der Waals surface area contributed by atoms with Crippen LogP contribution in [0.25, 0.3) is 0 Å². The standard InChI is InChI=1S/C17H23NO5/c1-3-5-16(19)18(9-8-17(20)21-4-2)11-13-6-7-14-15(10-13)23-12-22-14/h6-7,10H,3-5,8-9,11-12H2,1-2H3. The zero-order valence-electron chi connectivity index (χ0n) is 13.7. The van der Waals surface area contributed by atoms with Crippen molar-refractivity contribution in [3.05, 3.63) is 23.8 Å². The van der Waals surface area contributed by atoms with E-state index < -0.39 is 0 Å². The lowest BCUT2D eigenvalue weighted by atomic mass is 10.1. The van der Waals surface area contributed by atoms with Crippen molar-refractivity contribution in [3.63, 3.8) is 0 Å². The maximum absolute atomic E-state index is 12.3. The van der Waals surface area contributed by atoms with Crippen molar-refractivity contribution in [2.45, 2.75) is 39.7 Å². The van der Waals surface area contributed by atoms with Gasteiger partial charge in [0.1, 0.15) is 0 Å². The molecular weight excluding hydrogens is 298 g/mol. The fraction of sp³-hybridized carbons (Fsp3) is 0.529. The second kappa shape index (κ2) is 8.41. The molecule has 1 aromatic rings. The Hall–Kier alpha value is -2.24. The first-order valence-corrected chi connectivity index (χ1v) is 7.96. The highest BCUT2D eigenvalue weighted by Crippen LogP contribution is 2.32. The number of carbonyl (C=O) groups excluding carboxylic acids is 2. The second-order valence-electron chi connectivity index (χ2n) is 5.31. The van der Waals surface area contributed by atoms with Crippen molar-refractivity contribution in [1.82, 2.24) is 4.90 Å². The van der Waals surface area contributed by atoms with E-state index in [-0.39, 0.29) is 25.1 Å². The molecule has 0 saturated carbocycles. The van der Waals surface area contributed by atoms with Gasteiger partial charge >= 0.3 is 5.97 Å². The van der Waals surface area contributed by atoms with Crippen LogP contribution in [-0.2, 0) is 20.9 Å². The third-order valence-electron chi connectivity index (χ3n) is 3.52. The Morgan fingerprint density at radius 1 is 1.17 bits per heavy atom. The van der Waals surface area contributed by atoms with E-state index in [2.05, 4.69) is 0 Å². The van der Waals surface area contributed by atoms with E-state index in [0.29, 0.717) is 37.6 Å². The van der Waals surface area contributed by atoms with Crippen molar-refractivity contribution < 1.29 is 23.8 Å². The van der Waals surface area contributed by atoms with Gasteiger partial charge in [0.2, 0.25) is 12.7 Å². The number of esters is 1. The second-order valence-corrected chi connectivity index (χ2v) is 5.31. The van der Waals surface area contributed by atoms with Crippen molar-refractivity contribution in [1.29, 1.82) is 0 Å². The van der Waals surface area contributed by atoms with E-state index in [1.807, 2.05) is 25.1 Å². The molecule has 23 heavy (non-hydrogen) atoms. The molecule has 1 heterocycles. The summed E-state index contributed by atoms with van der Waals surface area (Å²) in [6.07, 6.45) is 1.44. The lowest BCUT2D eigenvalue weighted by Gasteiger charge is -2.22. The van der Waals surface area contributed by atoms with Gasteiger partial charge in [-0.2, -0.15) is 0 Å². The van der Waals surface area contributed by atoms with E-state index in [1.54, 1.807) is 11.8 Å². The van der Waals surface area contributed by atoms with Crippen LogP contribution in [0.4, 0.5) is 0 Å². The Bertz CT molecular complexity index is 558. The minimum absolute atomic E-state index is 0.0365. The van der Waals surface area contributed by atoms with Crippen LogP contribution in [0.1, 0.15) is 38.7 Å². The number of fused-ring (bicyclic) bond motifs is 1. The van der Waals surface area contributed by atoms with Gasteiger partial charge in [0.25, 0.3) is 0 Å².